The van der Waals surface area contributed by atoms with Gasteiger partial charge in [-0.2, -0.15) is 8.42 Å². The summed E-state index contributed by atoms with van der Waals surface area (Å²) in [6.07, 6.45) is 43.8. The summed E-state index contributed by atoms with van der Waals surface area (Å²) in [6, 6.07) is -1.24. The molecule has 51 heavy (non-hydrogen) atoms. The third-order valence-corrected chi connectivity index (χ3v) is 10.8. The highest BCUT2D eigenvalue weighted by atomic mass is 32.2. The summed E-state index contributed by atoms with van der Waals surface area (Å²) >= 11 is 0. The second kappa shape index (κ2) is 37.1. The van der Waals surface area contributed by atoms with Crippen LogP contribution in [-0.4, -0.2) is 53.1 Å². The smallest absolute Gasteiger partial charge is 0.267 e. The molecule has 0 aliphatic carbocycles. The normalized spacial score (nSPS) is 14.1. The third-order valence-electron chi connectivity index (χ3n) is 9.99. The van der Waals surface area contributed by atoms with E-state index in [0.29, 0.717) is 12.8 Å². The third kappa shape index (κ3) is 36.9. The van der Waals surface area contributed by atoms with E-state index >= 15 is 0 Å². The van der Waals surface area contributed by atoms with Gasteiger partial charge >= 0.3 is 0 Å². The summed E-state index contributed by atoms with van der Waals surface area (Å²) in [4.78, 5) is 12.6. The van der Waals surface area contributed by atoms with Gasteiger partial charge in [-0.1, -0.05) is 212 Å². The number of nitrogens with one attached hydrogen (secondary N) is 1. The average Bonchev–Trinajstić information content (AvgIpc) is 3.09. The Labute approximate surface area is 316 Å². The van der Waals surface area contributed by atoms with Crippen LogP contribution in [0.5, 0.6) is 0 Å². The van der Waals surface area contributed by atoms with Gasteiger partial charge in [0, 0.05) is 0 Å². The fourth-order valence-electron chi connectivity index (χ4n) is 6.65. The van der Waals surface area contributed by atoms with Crippen LogP contribution >= 0.6 is 0 Å². The Hall–Kier alpha value is -1.22. The molecule has 3 unspecified atom stereocenters. The van der Waals surface area contributed by atoms with Gasteiger partial charge < -0.3 is 15.5 Å². The highest BCUT2D eigenvalue weighted by Crippen LogP contribution is 2.15. The molecule has 4 N–H and O–H groups in total. The molecule has 0 heterocycles. The fraction of sp³-hybridized carbons (Fsp3) is 0.884. The second-order valence-corrected chi connectivity index (χ2v) is 16.6. The molecule has 7 nitrogen and oxygen atoms in total. The number of aliphatic hydroxyl groups excluding tert-OH is 2. The SMILES string of the molecule is CCCCCCCCCCCCCCCC/C=C/CC/C=C/C(O)C(CS(=O)(=O)O)NC(=O)C(O)CCCCCCCCCCCCCCCC. The second-order valence-electron chi connectivity index (χ2n) is 15.1. The summed E-state index contributed by atoms with van der Waals surface area (Å²) < 4.78 is 32.5. The Bertz CT molecular complexity index is 921. The Morgan fingerprint density at radius 2 is 0.882 bits per heavy atom. The zero-order valence-corrected chi connectivity index (χ0v) is 34.2. The number of hydrogen-bond donors (Lipinski definition) is 4. The van der Waals surface area contributed by atoms with Crippen molar-refractivity contribution in [3.05, 3.63) is 24.3 Å². The fourth-order valence-corrected chi connectivity index (χ4v) is 7.38. The number of rotatable bonds is 39. The van der Waals surface area contributed by atoms with Crippen LogP contribution in [0.4, 0.5) is 0 Å². The Kier molecular flexibility index (Phi) is 36.2. The van der Waals surface area contributed by atoms with Crippen molar-refractivity contribution >= 4 is 16.0 Å². The number of unbranched alkanes of at least 4 members (excludes halogenated alkanes) is 28. The lowest BCUT2D eigenvalue weighted by Crippen LogP contribution is -2.50. The van der Waals surface area contributed by atoms with Gasteiger partial charge in [0.25, 0.3) is 10.1 Å². The summed E-state index contributed by atoms with van der Waals surface area (Å²) in [5.41, 5.74) is 0. The van der Waals surface area contributed by atoms with E-state index in [0.717, 1.165) is 32.1 Å². The van der Waals surface area contributed by atoms with Crippen LogP contribution in [0.25, 0.3) is 0 Å². The molecule has 3 atom stereocenters. The first-order valence-corrected chi connectivity index (χ1v) is 23.3. The zero-order valence-electron chi connectivity index (χ0n) is 33.4. The van der Waals surface area contributed by atoms with E-state index in [1.807, 2.05) is 0 Å². The molecule has 0 aliphatic rings. The first-order valence-electron chi connectivity index (χ1n) is 21.6. The lowest BCUT2D eigenvalue weighted by atomic mass is 10.0. The minimum atomic E-state index is -4.45. The van der Waals surface area contributed by atoms with Crippen molar-refractivity contribution in [1.82, 2.24) is 5.32 Å². The number of aliphatic hydroxyl groups is 2. The van der Waals surface area contributed by atoms with Gasteiger partial charge in [-0.3, -0.25) is 9.35 Å². The highest BCUT2D eigenvalue weighted by molar-refractivity contribution is 7.85. The van der Waals surface area contributed by atoms with E-state index in [4.69, 9.17) is 0 Å². The van der Waals surface area contributed by atoms with Crippen molar-refractivity contribution in [2.24, 2.45) is 0 Å². The molecular weight excluding hydrogens is 659 g/mol. The van der Waals surface area contributed by atoms with Gasteiger partial charge in [-0.05, 0) is 32.1 Å². The van der Waals surface area contributed by atoms with E-state index < -0.39 is 40.0 Å². The molecule has 0 aromatic rings. The molecule has 1 amide bonds. The Balaban J connectivity index is 4.03. The predicted octanol–water partition coefficient (Wildman–Crippen LogP) is 11.7. The molecule has 0 spiro atoms. The molecule has 0 bridgehead atoms. The topological polar surface area (TPSA) is 124 Å². The molecule has 0 rings (SSSR count). The van der Waals surface area contributed by atoms with Crippen molar-refractivity contribution in [3.63, 3.8) is 0 Å². The number of allylic oxidation sites excluding steroid dienone is 3. The molecule has 302 valence electrons. The first kappa shape index (κ1) is 49.8. The lowest BCUT2D eigenvalue weighted by Gasteiger charge is -2.22. The van der Waals surface area contributed by atoms with Gasteiger partial charge in [0.15, 0.2) is 0 Å². The molecule has 0 fully saturated rings. The molecule has 0 saturated carbocycles. The summed E-state index contributed by atoms with van der Waals surface area (Å²) in [5.74, 6) is -1.55. The molecule has 0 aliphatic heterocycles. The van der Waals surface area contributed by atoms with Gasteiger partial charge in [0.2, 0.25) is 5.91 Å². The van der Waals surface area contributed by atoms with Crippen LogP contribution in [0.2, 0.25) is 0 Å². The van der Waals surface area contributed by atoms with Crippen molar-refractivity contribution in [2.45, 2.75) is 238 Å². The van der Waals surface area contributed by atoms with E-state index in [1.54, 1.807) is 6.08 Å². The van der Waals surface area contributed by atoms with E-state index in [-0.39, 0.29) is 6.42 Å². The van der Waals surface area contributed by atoms with Crippen molar-refractivity contribution < 1.29 is 28.0 Å². The molecular formula is C43H83NO6S. The first-order chi connectivity index (χ1) is 24.7. The monoisotopic (exact) mass is 742 g/mol. The van der Waals surface area contributed by atoms with Gasteiger partial charge in [-0.15, -0.1) is 0 Å². The number of hydrogen-bond acceptors (Lipinski definition) is 5. The van der Waals surface area contributed by atoms with Crippen molar-refractivity contribution in [3.8, 4) is 0 Å². The van der Waals surface area contributed by atoms with E-state index in [2.05, 4.69) is 31.3 Å². The lowest BCUT2D eigenvalue weighted by molar-refractivity contribution is -0.130. The van der Waals surface area contributed by atoms with Crippen LogP contribution in [0.3, 0.4) is 0 Å². The zero-order chi connectivity index (χ0) is 37.7. The maximum absolute atomic E-state index is 12.6. The molecule has 8 heteroatoms. The number of carbonyl (C=O) groups is 1. The van der Waals surface area contributed by atoms with Crippen LogP contribution in [0.15, 0.2) is 24.3 Å². The van der Waals surface area contributed by atoms with Crippen LogP contribution < -0.4 is 5.32 Å². The van der Waals surface area contributed by atoms with Crippen molar-refractivity contribution in [1.29, 1.82) is 0 Å². The molecule has 0 aromatic heterocycles. The van der Waals surface area contributed by atoms with Crippen LogP contribution in [-0.2, 0) is 14.9 Å². The minimum absolute atomic E-state index is 0.278. The predicted molar refractivity (Wildman–Crippen MR) is 218 cm³/mol. The van der Waals surface area contributed by atoms with E-state index in [9.17, 15) is 28.0 Å². The number of carbonyl (C=O) groups excluding carboxylic acids is 1. The van der Waals surface area contributed by atoms with Crippen molar-refractivity contribution in [2.75, 3.05) is 5.75 Å². The van der Waals surface area contributed by atoms with E-state index in [1.165, 1.54) is 160 Å². The van der Waals surface area contributed by atoms with Gasteiger partial charge in [-0.25, -0.2) is 0 Å². The summed E-state index contributed by atoms with van der Waals surface area (Å²) in [6.45, 7) is 4.52. The maximum Gasteiger partial charge on any atom is 0.267 e. The standard InChI is InChI=1S/C43H83NO6S/c1-3-5-7-9-11-13-15-17-19-20-21-22-23-24-26-27-29-31-33-35-37-41(45)40(39-51(48,49)50)44-43(47)42(46)38-36-34-32-30-28-25-18-16-14-12-10-8-6-4-2/h27,29,35,37,40-42,45-46H,3-26,28,30-34,36,38-39H2,1-2H3,(H,44,47)(H,48,49,50)/b29-27+,37-35+. The average molecular weight is 742 g/mol. The quantitative estimate of drug-likeness (QED) is 0.0282. The van der Waals surface area contributed by atoms with Crippen LogP contribution in [0, 0.1) is 0 Å². The minimum Gasteiger partial charge on any atom is -0.387 e. The summed E-state index contributed by atoms with van der Waals surface area (Å²) in [7, 11) is -4.45. The summed E-state index contributed by atoms with van der Waals surface area (Å²) in [5, 5.41) is 23.4. The van der Waals surface area contributed by atoms with Crippen LogP contribution in [0.1, 0.15) is 219 Å². The molecule has 0 radical (unpaired) electrons. The largest absolute Gasteiger partial charge is 0.387 e. The number of amides is 1. The maximum atomic E-state index is 12.6. The Morgan fingerprint density at radius 1 is 0.529 bits per heavy atom. The highest BCUT2D eigenvalue weighted by Gasteiger charge is 2.27. The van der Waals surface area contributed by atoms with Gasteiger partial charge in [0.05, 0.1) is 17.9 Å². The molecule has 0 aromatic carbocycles. The Morgan fingerprint density at radius 3 is 1.29 bits per heavy atom. The molecule has 0 saturated heterocycles. The van der Waals surface area contributed by atoms with Gasteiger partial charge in [0.1, 0.15) is 6.10 Å².